The Morgan fingerprint density at radius 3 is 2.54 bits per heavy atom. The van der Waals surface area contributed by atoms with Gasteiger partial charge in [0.2, 0.25) is 0 Å². The third-order valence-corrected chi connectivity index (χ3v) is 6.09. The van der Waals surface area contributed by atoms with Gasteiger partial charge in [0.15, 0.2) is 0 Å². The molecule has 0 amide bonds. The Bertz CT molecular complexity index is 809. The lowest BCUT2D eigenvalue weighted by Crippen LogP contribution is -2.46. The molecular formula is C17H20ClN3O2S. The van der Waals surface area contributed by atoms with Crippen molar-refractivity contribution >= 4 is 33.2 Å². The number of nitrogens with zero attached hydrogens (tertiary/aromatic N) is 2. The number of benzene rings is 2. The highest BCUT2D eigenvalue weighted by Gasteiger charge is 2.37. The fourth-order valence-electron chi connectivity index (χ4n) is 2.83. The predicted molar refractivity (Wildman–Crippen MR) is 97.9 cm³/mol. The van der Waals surface area contributed by atoms with Crippen molar-refractivity contribution in [2.45, 2.75) is 13.0 Å². The third kappa shape index (κ3) is 3.28. The van der Waals surface area contributed by atoms with E-state index in [1.165, 1.54) is 8.61 Å². The van der Waals surface area contributed by atoms with Gasteiger partial charge in [0.1, 0.15) is 0 Å². The standard InChI is InChI=1S/C17H20ClN3O2S/c1-19-11-4-12-20-13-14-5-2-3-6-17(14)21(24(20,22)23)16-9-7-15(18)8-10-16/h2-3,5-10,19H,4,11-13H2,1H3. The van der Waals surface area contributed by atoms with Gasteiger partial charge in [-0.25, -0.2) is 4.31 Å². The van der Waals surface area contributed by atoms with Crippen molar-refractivity contribution in [2.24, 2.45) is 0 Å². The maximum atomic E-state index is 13.2. The molecule has 24 heavy (non-hydrogen) atoms. The molecule has 5 nitrogen and oxygen atoms in total. The van der Waals surface area contributed by atoms with E-state index in [-0.39, 0.29) is 0 Å². The Hall–Kier alpha value is -1.60. The van der Waals surface area contributed by atoms with Crippen LogP contribution in [0.15, 0.2) is 48.5 Å². The van der Waals surface area contributed by atoms with Gasteiger partial charge >= 0.3 is 10.2 Å². The molecule has 128 valence electrons. The van der Waals surface area contributed by atoms with Gasteiger partial charge in [-0.1, -0.05) is 29.8 Å². The Balaban J connectivity index is 2.05. The van der Waals surface area contributed by atoms with Crippen LogP contribution in [0, 0.1) is 0 Å². The zero-order valence-electron chi connectivity index (χ0n) is 13.4. The summed E-state index contributed by atoms with van der Waals surface area (Å²) in [4.78, 5) is 0. The Kier molecular flexibility index (Phi) is 5.10. The van der Waals surface area contributed by atoms with E-state index in [0.717, 1.165) is 18.5 Å². The normalized spacial score (nSPS) is 16.8. The van der Waals surface area contributed by atoms with E-state index >= 15 is 0 Å². The number of hydrogen-bond donors (Lipinski definition) is 1. The van der Waals surface area contributed by atoms with Crippen LogP contribution in [0.4, 0.5) is 11.4 Å². The number of anilines is 2. The van der Waals surface area contributed by atoms with Crippen LogP contribution in [0.3, 0.4) is 0 Å². The second-order valence-corrected chi connectivity index (χ2v) is 7.88. The van der Waals surface area contributed by atoms with E-state index < -0.39 is 10.2 Å². The fourth-order valence-corrected chi connectivity index (χ4v) is 4.66. The Morgan fingerprint density at radius 1 is 1.12 bits per heavy atom. The van der Waals surface area contributed by atoms with Crippen molar-refractivity contribution in [3.05, 3.63) is 59.1 Å². The quantitative estimate of drug-likeness (QED) is 0.828. The molecule has 2 aromatic carbocycles. The van der Waals surface area contributed by atoms with Crippen molar-refractivity contribution in [3.63, 3.8) is 0 Å². The van der Waals surface area contributed by atoms with Crippen LogP contribution in [0.1, 0.15) is 12.0 Å². The first kappa shape index (κ1) is 17.2. The van der Waals surface area contributed by atoms with Crippen molar-refractivity contribution < 1.29 is 8.42 Å². The summed E-state index contributed by atoms with van der Waals surface area (Å²) in [5.74, 6) is 0. The molecule has 1 aliphatic heterocycles. The number of hydrogen-bond acceptors (Lipinski definition) is 3. The van der Waals surface area contributed by atoms with Gasteiger partial charge in [-0.15, -0.1) is 0 Å². The van der Waals surface area contributed by atoms with Gasteiger partial charge in [0.25, 0.3) is 0 Å². The van der Waals surface area contributed by atoms with Crippen LogP contribution in [-0.2, 0) is 16.8 Å². The largest absolute Gasteiger partial charge is 0.320 e. The molecule has 0 unspecified atom stereocenters. The molecule has 0 saturated carbocycles. The molecule has 0 aromatic heterocycles. The van der Waals surface area contributed by atoms with Crippen LogP contribution >= 0.6 is 11.6 Å². The number of rotatable bonds is 5. The molecular weight excluding hydrogens is 346 g/mol. The van der Waals surface area contributed by atoms with Crippen LogP contribution in [0.25, 0.3) is 0 Å². The zero-order valence-corrected chi connectivity index (χ0v) is 15.0. The van der Waals surface area contributed by atoms with Gasteiger partial charge in [0.05, 0.1) is 11.4 Å². The average Bonchev–Trinajstić information content (AvgIpc) is 2.56. The highest BCUT2D eigenvalue weighted by molar-refractivity contribution is 7.90. The SMILES string of the molecule is CNCCCN1Cc2ccccc2N(c2ccc(Cl)cc2)S1(=O)=O. The monoisotopic (exact) mass is 365 g/mol. The van der Waals surface area contributed by atoms with Gasteiger partial charge < -0.3 is 5.32 Å². The first-order chi connectivity index (χ1) is 11.5. The lowest BCUT2D eigenvalue weighted by atomic mass is 10.1. The molecule has 0 saturated heterocycles. The minimum Gasteiger partial charge on any atom is -0.320 e. The van der Waals surface area contributed by atoms with Crippen molar-refractivity contribution in [1.82, 2.24) is 9.62 Å². The van der Waals surface area contributed by atoms with Crippen molar-refractivity contribution in [2.75, 3.05) is 24.4 Å². The molecule has 0 radical (unpaired) electrons. The summed E-state index contributed by atoms with van der Waals surface area (Å²) in [6.45, 7) is 1.64. The minimum atomic E-state index is -3.63. The van der Waals surface area contributed by atoms with Crippen LogP contribution in [0.2, 0.25) is 5.02 Å². The highest BCUT2D eigenvalue weighted by Crippen LogP contribution is 2.38. The smallest absolute Gasteiger partial charge is 0.308 e. The van der Waals surface area contributed by atoms with Crippen LogP contribution < -0.4 is 9.62 Å². The lowest BCUT2D eigenvalue weighted by Gasteiger charge is -2.37. The molecule has 1 heterocycles. The molecule has 2 aromatic rings. The topological polar surface area (TPSA) is 52.6 Å². The highest BCUT2D eigenvalue weighted by atomic mass is 35.5. The number of nitrogens with one attached hydrogen (secondary N) is 1. The molecule has 1 aliphatic rings. The predicted octanol–water partition coefficient (Wildman–Crippen LogP) is 3.15. The summed E-state index contributed by atoms with van der Waals surface area (Å²) in [6.07, 6.45) is 0.756. The fraction of sp³-hybridized carbons (Fsp3) is 0.294. The number of halogens is 1. The zero-order chi connectivity index (χ0) is 17.2. The van der Waals surface area contributed by atoms with Crippen molar-refractivity contribution in [1.29, 1.82) is 0 Å². The van der Waals surface area contributed by atoms with Gasteiger partial charge in [-0.05, 0) is 55.9 Å². The van der Waals surface area contributed by atoms with E-state index in [4.69, 9.17) is 11.6 Å². The molecule has 0 fully saturated rings. The van der Waals surface area contributed by atoms with E-state index in [1.807, 2.05) is 31.3 Å². The van der Waals surface area contributed by atoms with E-state index in [9.17, 15) is 8.42 Å². The number of para-hydroxylation sites is 1. The summed E-state index contributed by atoms with van der Waals surface area (Å²) >= 11 is 5.95. The molecule has 0 bridgehead atoms. The lowest BCUT2D eigenvalue weighted by molar-refractivity contribution is 0.392. The van der Waals surface area contributed by atoms with Gasteiger partial charge in [-0.2, -0.15) is 12.7 Å². The van der Waals surface area contributed by atoms with E-state index in [1.54, 1.807) is 24.3 Å². The second-order valence-electron chi connectivity index (χ2n) is 5.67. The van der Waals surface area contributed by atoms with Crippen molar-refractivity contribution in [3.8, 4) is 0 Å². The van der Waals surface area contributed by atoms with Gasteiger partial charge in [0, 0.05) is 18.1 Å². The second kappa shape index (κ2) is 7.11. The molecule has 0 atom stereocenters. The molecule has 1 N–H and O–H groups in total. The first-order valence-corrected chi connectivity index (χ1v) is 9.60. The summed E-state index contributed by atoms with van der Waals surface area (Å²) in [6, 6.07) is 14.5. The van der Waals surface area contributed by atoms with Crippen LogP contribution in [0.5, 0.6) is 0 Å². The Labute approximate surface area is 148 Å². The maximum Gasteiger partial charge on any atom is 0.308 e. The summed E-state index contributed by atoms with van der Waals surface area (Å²) < 4.78 is 29.2. The van der Waals surface area contributed by atoms with Gasteiger partial charge in [-0.3, -0.25) is 0 Å². The van der Waals surface area contributed by atoms with E-state index in [2.05, 4.69) is 5.32 Å². The Morgan fingerprint density at radius 2 is 1.83 bits per heavy atom. The molecule has 0 aliphatic carbocycles. The summed E-state index contributed by atoms with van der Waals surface area (Å²) in [5, 5.41) is 3.63. The maximum absolute atomic E-state index is 13.2. The first-order valence-electron chi connectivity index (χ1n) is 7.82. The summed E-state index contributed by atoms with van der Waals surface area (Å²) in [5.41, 5.74) is 2.28. The minimum absolute atomic E-state index is 0.395. The molecule has 0 spiro atoms. The third-order valence-electron chi connectivity index (χ3n) is 4.01. The van der Waals surface area contributed by atoms with E-state index in [0.29, 0.717) is 29.5 Å². The number of fused-ring (bicyclic) bond motifs is 1. The summed E-state index contributed by atoms with van der Waals surface area (Å²) in [7, 11) is -1.77. The average molecular weight is 366 g/mol. The molecule has 7 heteroatoms. The molecule has 3 rings (SSSR count). The van der Waals surface area contributed by atoms with Crippen LogP contribution in [-0.4, -0.2) is 32.9 Å².